The predicted molar refractivity (Wildman–Crippen MR) is 155 cm³/mol. The molecule has 1 aromatic carbocycles. The molecule has 4 rings (SSSR count). The molecule has 3 aliphatic heterocycles. The molecule has 232 valence electrons. The smallest absolute Gasteiger partial charge is 0.416 e. The number of carbonyl (C=O) groups is 3. The number of nitrogens with zero attached hydrogens (tertiary/aromatic N) is 2. The van der Waals surface area contributed by atoms with Crippen molar-refractivity contribution in [1.82, 2.24) is 4.90 Å². The van der Waals surface area contributed by atoms with Crippen molar-refractivity contribution >= 4 is 23.7 Å². The largest absolute Gasteiger partial charge is 0.493 e. The zero-order chi connectivity index (χ0) is 29.9. The lowest BCUT2D eigenvalue weighted by atomic mass is 10.00. The normalized spacial score (nSPS) is 22.0. The number of amides is 2. The highest BCUT2D eigenvalue weighted by Gasteiger charge is 2.46. The summed E-state index contributed by atoms with van der Waals surface area (Å²) >= 11 is 0. The highest BCUT2D eigenvalue weighted by molar-refractivity contribution is 6.06. The fourth-order valence-corrected chi connectivity index (χ4v) is 5.65. The van der Waals surface area contributed by atoms with Gasteiger partial charge in [0.2, 0.25) is 0 Å². The van der Waals surface area contributed by atoms with E-state index in [2.05, 4.69) is 6.58 Å². The Morgan fingerprint density at radius 1 is 1.07 bits per heavy atom. The predicted octanol–water partition coefficient (Wildman–Crippen LogP) is 5.20. The molecule has 0 saturated carbocycles. The van der Waals surface area contributed by atoms with Gasteiger partial charge in [-0.2, -0.15) is 0 Å². The van der Waals surface area contributed by atoms with Crippen molar-refractivity contribution < 1.29 is 42.8 Å². The fourth-order valence-electron chi connectivity index (χ4n) is 5.65. The van der Waals surface area contributed by atoms with E-state index in [0.717, 1.165) is 32.1 Å². The molecule has 11 heteroatoms. The van der Waals surface area contributed by atoms with Crippen molar-refractivity contribution in [3.63, 3.8) is 0 Å². The number of benzene rings is 1. The Morgan fingerprint density at radius 3 is 2.64 bits per heavy atom. The van der Waals surface area contributed by atoms with Gasteiger partial charge in [-0.05, 0) is 70.8 Å². The van der Waals surface area contributed by atoms with Gasteiger partial charge in [-0.3, -0.25) is 9.59 Å². The second-order valence-electron chi connectivity index (χ2n) is 10.6. The molecule has 2 fully saturated rings. The zero-order valence-corrected chi connectivity index (χ0v) is 24.8. The minimum absolute atomic E-state index is 0.00491. The number of carbonyl (C=O) groups excluding carboxylic acids is 3. The number of anilines is 1. The van der Waals surface area contributed by atoms with E-state index in [1.54, 1.807) is 24.0 Å². The van der Waals surface area contributed by atoms with Gasteiger partial charge in [-0.15, -0.1) is 0 Å². The highest BCUT2D eigenvalue weighted by atomic mass is 16.7. The number of fused-ring (bicyclic) bond motifs is 2. The molecule has 0 bridgehead atoms. The maximum atomic E-state index is 14.0. The molecule has 2 unspecified atom stereocenters. The minimum Gasteiger partial charge on any atom is -0.493 e. The standard InChI is InChI=1S/C31H44N2O9/c1-4-17-41-31(36)33-24-21-26(39-18-11-6-7-14-27(34)38-5-2)25(37-3)20-22(24)29(35)32-16-10-8-13-23(32)30(33)42-28-15-9-12-19-40-28/h4,20-21,23,28,30H,1,5-19H2,2-3H3/t23-,28?,30?/m0/s1. The van der Waals surface area contributed by atoms with Gasteiger partial charge in [0.25, 0.3) is 5.91 Å². The Kier molecular flexibility index (Phi) is 11.9. The average molecular weight is 589 g/mol. The van der Waals surface area contributed by atoms with E-state index in [1.807, 2.05) is 0 Å². The average Bonchev–Trinajstić information content (AvgIpc) is 3.10. The third-order valence-electron chi connectivity index (χ3n) is 7.70. The molecule has 0 aliphatic carbocycles. The SMILES string of the molecule is C=CCOC(=O)N1c2cc(OCCCCCC(=O)OCC)c(OC)cc2C(=O)N2CCCC[C@H]2C1OC1CCCCO1. The summed E-state index contributed by atoms with van der Waals surface area (Å²) in [7, 11) is 1.52. The number of methoxy groups -OCH3 is 1. The van der Waals surface area contributed by atoms with Crippen LogP contribution in [-0.4, -0.2) is 81.5 Å². The first-order valence-electron chi connectivity index (χ1n) is 15.1. The van der Waals surface area contributed by atoms with Gasteiger partial charge < -0.3 is 33.3 Å². The summed E-state index contributed by atoms with van der Waals surface area (Å²) in [5.41, 5.74) is 0.647. The van der Waals surface area contributed by atoms with Crippen LogP contribution in [-0.2, 0) is 23.7 Å². The molecule has 0 spiro atoms. The molecule has 0 N–H and O–H groups in total. The molecule has 0 radical (unpaired) electrons. The lowest BCUT2D eigenvalue weighted by molar-refractivity contribution is -0.198. The molecule has 3 atom stereocenters. The van der Waals surface area contributed by atoms with Crippen LogP contribution >= 0.6 is 0 Å². The fraction of sp³-hybridized carbons (Fsp3) is 0.645. The molecule has 1 aromatic rings. The van der Waals surface area contributed by atoms with Crippen molar-refractivity contribution in [3.8, 4) is 11.5 Å². The summed E-state index contributed by atoms with van der Waals surface area (Å²) in [6.07, 6.45) is 7.12. The highest BCUT2D eigenvalue weighted by Crippen LogP contribution is 2.42. The molecule has 2 saturated heterocycles. The van der Waals surface area contributed by atoms with Gasteiger partial charge in [-0.25, -0.2) is 9.69 Å². The first-order valence-corrected chi connectivity index (χ1v) is 15.1. The van der Waals surface area contributed by atoms with E-state index >= 15 is 0 Å². The van der Waals surface area contributed by atoms with Crippen LogP contribution in [0.3, 0.4) is 0 Å². The van der Waals surface area contributed by atoms with Crippen molar-refractivity contribution in [2.45, 2.75) is 89.7 Å². The van der Waals surface area contributed by atoms with Gasteiger partial charge in [0.05, 0.1) is 37.6 Å². The van der Waals surface area contributed by atoms with Crippen LogP contribution in [0.2, 0.25) is 0 Å². The third kappa shape index (κ3) is 7.74. The maximum absolute atomic E-state index is 14.0. The van der Waals surface area contributed by atoms with Gasteiger partial charge in [0.15, 0.2) is 24.0 Å². The molecule has 0 aromatic heterocycles. The molecule has 42 heavy (non-hydrogen) atoms. The molecular weight excluding hydrogens is 544 g/mol. The summed E-state index contributed by atoms with van der Waals surface area (Å²) in [6.45, 7) is 7.33. The first kappa shape index (κ1) is 31.6. The quantitative estimate of drug-likeness (QED) is 0.174. The number of rotatable bonds is 13. The molecular formula is C31H44N2O9. The van der Waals surface area contributed by atoms with Gasteiger partial charge in [-0.1, -0.05) is 12.7 Å². The molecule has 2 amide bonds. The summed E-state index contributed by atoms with van der Waals surface area (Å²) in [4.78, 5) is 42.6. The van der Waals surface area contributed by atoms with E-state index in [1.165, 1.54) is 18.1 Å². The molecule has 3 heterocycles. The van der Waals surface area contributed by atoms with E-state index in [4.69, 9.17) is 28.4 Å². The topological polar surface area (TPSA) is 113 Å². The first-order chi connectivity index (χ1) is 20.5. The number of hydrogen-bond acceptors (Lipinski definition) is 9. The number of hydrogen-bond donors (Lipinski definition) is 0. The Hall–Kier alpha value is -3.31. The minimum atomic E-state index is -0.819. The van der Waals surface area contributed by atoms with Crippen LogP contribution in [0, 0.1) is 0 Å². The Labute approximate surface area is 248 Å². The maximum Gasteiger partial charge on any atom is 0.416 e. The number of unbranched alkanes of at least 4 members (excludes halogenated alkanes) is 2. The Bertz CT molecular complexity index is 1090. The Morgan fingerprint density at radius 2 is 1.90 bits per heavy atom. The van der Waals surface area contributed by atoms with Crippen molar-refractivity contribution in [1.29, 1.82) is 0 Å². The van der Waals surface area contributed by atoms with Gasteiger partial charge >= 0.3 is 12.1 Å². The number of esters is 1. The number of piperidine rings is 1. The van der Waals surface area contributed by atoms with E-state index in [0.29, 0.717) is 81.2 Å². The van der Waals surface area contributed by atoms with Crippen LogP contribution in [0.4, 0.5) is 10.5 Å². The monoisotopic (exact) mass is 588 g/mol. The van der Waals surface area contributed by atoms with Crippen LogP contribution in [0.5, 0.6) is 11.5 Å². The summed E-state index contributed by atoms with van der Waals surface area (Å²) in [5, 5.41) is 0. The lowest BCUT2D eigenvalue weighted by Gasteiger charge is -2.42. The zero-order valence-electron chi connectivity index (χ0n) is 24.8. The van der Waals surface area contributed by atoms with Gasteiger partial charge in [0, 0.05) is 25.6 Å². The third-order valence-corrected chi connectivity index (χ3v) is 7.70. The number of ether oxygens (including phenoxy) is 6. The van der Waals surface area contributed by atoms with Crippen LogP contribution in [0.1, 0.15) is 81.5 Å². The second-order valence-corrected chi connectivity index (χ2v) is 10.6. The van der Waals surface area contributed by atoms with Crippen molar-refractivity contribution in [2.75, 3.05) is 45.0 Å². The molecule has 11 nitrogen and oxygen atoms in total. The van der Waals surface area contributed by atoms with Crippen molar-refractivity contribution in [2.24, 2.45) is 0 Å². The van der Waals surface area contributed by atoms with Crippen LogP contribution in [0.25, 0.3) is 0 Å². The second kappa shape index (κ2) is 15.8. The van der Waals surface area contributed by atoms with Crippen molar-refractivity contribution in [3.05, 3.63) is 30.4 Å². The summed E-state index contributed by atoms with van der Waals surface area (Å²) in [5.74, 6) is 0.376. The van der Waals surface area contributed by atoms with Crippen LogP contribution in [0.15, 0.2) is 24.8 Å². The lowest BCUT2D eigenvalue weighted by Crippen LogP contribution is -2.57. The van der Waals surface area contributed by atoms with Gasteiger partial charge in [0.1, 0.15) is 6.61 Å². The molecule has 3 aliphatic rings. The van der Waals surface area contributed by atoms with E-state index in [9.17, 15) is 14.4 Å². The summed E-state index contributed by atoms with van der Waals surface area (Å²) < 4.78 is 34.7. The van der Waals surface area contributed by atoms with E-state index < -0.39 is 18.6 Å². The Balaban J connectivity index is 1.64. The van der Waals surface area contributed by atoms with Crippen LogP contribution < -0.4 is 14.4 Å². The van der Waals surface area contributed by atoms with E-state index in [-0.39, 0.29) is 24.5 Å². The summed E-state index contributed by atoms with van der Waals surface area (Å²) in [6, 6.07) is 2.92.